The van der Waals surface area contributed by atoms with Gasteiger partial charge in [0, 0.05) is 19.7 Å². The smallest absolute Gasteiger partial charge is 0.140 e. The highest BCUT2D eigenvalue weighted by molar-refractivity contribution is 4.86. The third kappa shape index (κ3) is 1.93. The van der Waals surface area contributed by atoms with E-state index in [1.54, 1.807) is 11.0 Å². The molecule has 0 bridgehead atoms. The Morgan fingerprint density at radius 2 is 2.57 bits per heavy atom. The number of hydrogen-bond acceptors (Lipinski definition) is 4. The molecular weight excluding hydrogens is 180 g/mol. The van der Waals surface area contributed by atoms with E-state index in [9.17, 15) is 0 Å². The summed E-state index contributed by atoms with van der Waals surface area (Å²) in [6, 6.07) is 0.451. The fourth-order valence-corrected chi connectivity index (χ4v) is 1.70. The average Bonchev–Trinajstić information content (AvgIpc) is 2.72. The minimum Gasteiger partial charge on any atom is -0.377 e. The molecule has 2 unspecified atom stereocenters. The van der Waals surface area contributed by atoms with Crippen LogP contribution in [0.4, 0.5) is 0 Å². The first-order valence-electron chi connectivity index (χ1n) is 4.95. The van der Waals surface area contributed by atoms with E-state index in [1.165, 1.54) is 0 Å². The number of aryl methyl sites for hydroxylation is 1. The fourth-order valence-electron chi connectivity index (χ4n) is 1.70. The maximum absolute atomic E-state index is 5.46. The molecule has 78 valence electrons. The molecule has 0 aliphatic carbocycles. The van der Waals surface area contributed by atoms with Crippen LogP contribution in [0.15, 0.2) is 6.33 Å². The molecule has 2 heterocycles. The van der Waals surface area contributed by atoms with Crippen LogP contribution in [-0.4, -0.2) is 33.5 Å². The van der Waals surface area contributed by atoms with Crippen molar-refractivity contribution in [1.82, 2.24) is 20.1 Å². The highest BCUT2D eigenvalue weighted by Gasteiger charge is 2.23. The number of aromatic nitrogens is 3. The van der Waals surface area contributed by atoms with Crippen molar-refractivity contribution in [2.45, 2.75) is 32.0 Å². The maximum Gasteiger partial charge on any atom is 0.140 e. The second-order valence-corrected chi connectivity index (χ2v) is 3.65. The Morgan fingerprint density at radius 3 is 3.14 bits per heavy atom. The lowest BCUT2D eigenvalue weighted by Gasteiger charge is -2.15. The molecular formula is C9H16N4O. The van der Waals surface area contributed by atoms with Crippen LogP contribution in [0.2, 0.25) is 0 Å². The lowest BCUT2D eigenvalue weighted by atomic mass is 10.1. The first-order valence-corrected chi connectivity index (χ1v) is 4.95. The molecule has 0 spiro atoms. The van der Waals surface area contributed by atoms with E-state index in [-0.39, 0.29) is 0 Å². The van der Waals surface area contributed by atoms with E-state index in [2.05, 4.69) is 22.3 Å². The standard InChI is InChI=1S/C9H16N4O/c1-7-8(3-4-14-7)10-5-9-11-6-12-13(9)2/h6-8,10H,3-5H2,1-2H3. The Labute approximate surface area is 83.5 Å². The molecule has 1 aliphatic rings. The first kappa shape index (κ1) is 9.61. The third-order valence-corrected chi connectivity index (χ3v) is 2.70. The minimum absolute atomic E-state index is 0.309. The number of nitrogens with zero attached hydrogens (tertiary/aromatic N) is 3. The predicted molar refractivity (Wildman–Crippen MR) is 51.7 cm³/mol. The summed E-state index contributed by atoms with van der Waals surface area (Å²) in [4.78, 5) is 4.15. The molecule has 5 nitrogen and oxygen atoms in total. The zero-order valence-electron chi connectivity index (χ0n) is 8.60. The summed E-state index contributed by atoms with van der Waals surface area (Å²) in [5.74, 6) is 0.962. The van der Waals surface area contributed by atoms with E-state index in [1.807, 2.05) is 7.05 Å². The van der Waals surface area contributed by atoms with Crippen molar-refractivity contribution in [1.29, 1.82) is 0 Å². The van der Waals surface area contributed by atoms with Crippen molar-refractivity contribution >= 4 is 0 Å². The molecule has 0 aromatic carbocycles. The van der Waals surface area contributed by atoms with Gasteiger partial charge in [-0.2, -0.15) is 5.10 Å². The monoisotopic (exact) mass is 196 g/mol. The van der Waals surface area contributed by atoms with E-state index < -0.39 is 0 Å². The van der Waals surface area contributed by atoms with Crippen LogP contribution in [0.1, 0.15) is 19.2 Å². The van der Waals surface area contributed by atoms with Gasteiger partial charge in [-0.1, -0.05) is 0 Å². The van der Waals surface area contributed by atoms with E-state index >= 15 is 0 Å². The highest BCUT2D eigenvalue weighted by Crippen LogP contribution is 2.12. The second kappa shape index (κ2) is 4.06. The van der Waals surface area contributed by atoms with Gasteiger partial charge < -0.3 is 10.1 Å². The Bertz CT molecular complexity index is 299. The summed E-state index contributed by atoms with van der Waals surface area (Å²) in [7, 11) is 1.90. The summed E-state index contributed by atoms with van der Waals surface area (Å²) in [5.41, 5.74) is 0. The number of nitrogens with one attached hydrogen (secondary N) is 1. The molecule has 1 N–H and O–H groups in total. The molecule has 14 heavy (non-hydrogen) atoms. The molecule has 5 heteroatoms. The number of rotatable bonds is 3. The average molecular weight is 196 g/mol. The van der Waals surface area contributed by atoms with Crippen LogP contribution in [0.25, 0.3) is 0 Å². The van der Waals surface area contributed by atoms with E-state index in [4.69, 9.17) is 4.74 Å². The molecule has 2 atom stereocenters. The van der Waals surface area contributed by atoms with Gasteiger partial charge in [-0.3, -0.25) is 4.68 Å². The van der Waals surface area contributed by atoms with Crippen molar-refractivity contribution in [2.75, 3.05) is 6.61 Å². The summed E-state index contributed by atoms with van der Waals surface area (Å²) < 4.78 is 7.25. The Hall–Kier alpha value is -0.940. The van der Waals surface area contributed by atoms with Crippen LogP contribution in [0, 0.1) is 0 Å². The SMILES string of the molecule is CC1OCCC1NCc1ncnn1C. The highest BCUT2D eigenvalue weighted by atomic mass is 16.5. The Morgan fingerprint density at radius 1 is 1.71 bits per heavy atom. The van der Waals surface area contributed by atoms with Gasteiger partial charge in [-0.05, 0) is 13.3 Å². The van der Waals surface area contributed by atoms with Crippen LogP contribution >= 0.6 is 0 Å². The third-order valence-electron chi connectivity index (χ3n) is 2.70. The molecule has 1 saturated heterocycles. The topological polar surface area (TPSA) is 52.0 Å². The molecule has 1 aromatic heterocycles. The summed E-state index contributed by atoms with van der Waals surface area (Å²) in [6.45, 7) is 3.72. The van der Waals surface area contributed by atoms with Gasteiger partial charge in [0.15, 0.2) is 0 Å². The largest absolute Gasteiger partial charge is 0.377 e. The van der Waals surface area contributed by atoms with Crippen molar-refractivity contribution in [3.8, 4) is 0 Å². The van der Waals surface area contributed by atoms with Gasteiger partial charge in [0.2, 0.25) is 0 Å². The van der Waals surface area contributed by atoms with Gasteiger partial charge in [0.25, 0.3) is 0 Å². The van der Waals surface area contributed by atoms with Crippen molar-refractivity contribution < 1.29 is 4.74 Å². The van der Waals surface area contributed by atoms with Gasteiger partial charge in [0.05, 0.1) is 12.6 Å². The molecule has 1 fully saturated rings. The summed E-state index contributed by atoms with van der Waals surface area (Å²) in [5, 5.41) is 7.44. The van der Waals surface area contributed by atoms with Crippen molar-refractivity contribution in [3.63, 3.8) is 0 Å². The Balaban J connectivity index is 1.85. The maximum atomic E-state index is 5.46. The van der Waals surface area contributed by atoms with Crippen LogP contribution in [0.5, 0.6) is 0 Å². The first-order chi connectivity index (χ1) is 6.77. The van der Waals surface area contributed by atoms with E-state index in [0.29, 0.717) is 12.1 Å². The Kier molecular flexibility index (Phi) is 2.79. The summed E-state index contributed by atoms with van der Waals surface area (Å²) >= 11 is 0. The molecule has 0 saturated carbocycles. The van der Waals surface area contributed by atoms with Crippen molar-refractivity contribution in [3.05, 3.63) is 12.2 Å². The molecule has 0 amide bonds. The van der Waals surface area contributed by atoms with E-state index in [0.717, 1.165) is 25.4 Å². The zero-order valence-corrected chi connectivity index (χ0v) is 8.60. The quantitative estimate of drug-likeness (QED) is 0.744. The molecule has 0 radical (unpaired) electrons. The van der Waals surface area contributed by atoms with Crippen LogP contribution < -0.4 is 5.32 Å². The molecule has 2 rings (SSSR count). The molecule has 1 aromatic rings. The lowest BCUT2D eigenvalue weighted by molar-refractivity contribution is 0.113. The van der Waals surface area contributed by atoms with Gasteiger partial charge >= 0.3 is 0 Å². The van der Waals surface area contributed by atoms with Crippen LogP contribution in [-0.2, 0) is 18.3 Å². The van der Waals surface area contributed by atoms with Crippen LogP contribution in [0.3, 0.4) is 0 Å². The van der Waals surface area contributed by atoms with Crippen molar-refractivity contribution in [2.24, 2.45) is 7.05 Å². The van der Waals surface area contributed by atoms with Gasteiger partial charge in [-0.25, -0.2) is 4.98 Å². The normalized spacial score (nSPS) is 27.0. The number of hydrogen-bond donors (Lipinski definition) is 1. The van der Waals surface area contributed by atoms with Gasteiger partial charge in [-0.15, -0.1) is 0 Å². The predicted octanol–water partition coefficient (Wildman–Crippen LogP) is 0.0821. The lowest BCUT2D eigenvalue weighted by Crippen LogP contribution is -2.34. The summed E-state index contributed by atoms with van der Waals surface area (Å²) in [6.07, 6.45) is 2.97. The minimum atomic E-state index is 0.309. The zero-order chi connectivity index (χ0) is 9.97. The number of ether oxygens (including phenoxy) is 1. The second-order valence-electron chi connectivity index (χ2n) is 3.65. The fraction of sp³-hybridized carbons (Fsp3) is 0.778. The molecule has 1 aliphatic heterocycles. The van der Waals surface area contributed by atoms with Gasteiger partial charge in [0.1, 0.15) is 12.2 Å².